The first-order valence-electron chi connectivity index (χ1n) is 5.02. The van der Waals surface area contributed by atoms with Gasteiger partial charge in [-0.2, -0.15) is 5.10 Å². The van der Waals surface area contributed by atoms with E-state index < -0.39 is 0 Å². The Kier molecular flexibility index (Phi) is 4.70. The van der Waals surface area contributed by atoms with Crippen molar-refractivity contribution in [2.24, 2.45) is 11.7 Å². The summed E-state index contributed by atoms with van der Waals surface area (Å²) in [5.41, 5.74) is 5.38. The van der Waals surface area contributed by atoms with E-state index in [0.717, 1.165) is 12.8 Å². The highest BCUT2D eigenvalue weighted by molar-refractivity contribution is 5.91. The van der Waals surface area contributed by atoms with Crippen LogP contribution >= 0.6 is 0 Å². The van der Waals surface area contributed by atoms with Crippen molar-refractivity contribution in [2.45, 2.75) is 19.8 Å². The zero-order valence-corrected chi connectivity index (χ0v) is 8.81. The second-order valence-electron chi connectivity index (χ2n) is 3.43. The summed E-state index contributed by atoms with van der Waals surface area (Å²) >= 11 is 0. The normalized spacial score (nSPS) is 12.1. The number of carbonyl (C=O) groups is 1. The minimum atomic E-state index is -0.0458. The van der Waals surface area contributed by atoms with Crippen LogP contribution in [0.3, 0.4) is 0 Å². The topological polar surface area (TPSA) is 80.9 Å². The van der Waals surface area contributed by atoms with E-state index in [1.54, 1.807) is 18.3 Å². The van der Waals surface area contributed by atoms with Gasteiger partial charge in [0, 0.05) is 12.1 Å². The summed E-state index contributed by atoms with van der Waals surface area (Å²) in [6.45, 7) is 2.49. The van der Waals surface area contributed by atoms with E-state index in [1.807, 2.05) is 6.92 Å². The molecule has 1 amide bonds. The van der Waals surface area contributed by atoms with Gasteiger partial charge >= 0.3 is 0 Å². The first-order chi connectivity index (χ1) is 7.24. The summed E-state index contributed by atoms with van der Waals surface area (Å²) in [4.78, 5) is 11.6. The van der Waals surface area contributed by atoms with Crippen molar-refractivity contribution in [3.63, 3.8) is 0 Å². The first kappa shape index (κ1) is 11.6. The van der Waals surface area contributed by atoms with Crippen molar-refractivity contribution in [1.29, 1.82) is 0 Å². The maximum atomic E-state index is 11.6. The van der Waals surface area contributed by atoms with Gasteiger partial charge in [0.1, 0.15) is 0 Å². The van der Waals surface area contributed by atoms with Gasteiger partial charge in [0.05, 0.1) is 0 Å². The van der Waals surface area contributed by atoms with Gasteiger partial charge in [-0.25, -0.2) is 0 Å². The Morgan fingerprint density at radius 3 is 3.07 bits per heavy atom. The Balaban J connectivity index is 2.42. The molecule has 0 aromatic carbocycles. The Hall–Kier alpha value is -1.49. The minimum absolute atomic E-state index is 0.0380. The van der Waals surface area contributed by atoms with E-state index in [1.165, 1.54) is 0 Å². The molecule has 1 unspecified atom stereocenters. The molecule has 0 bridgehead atoms. The molecule has 0 aliphatic rings. The van der Waals surface area contributed by atoms with Crippen LogP contribution in [0.25, 0.3) is 0 Å². The fraction of sp³-hybridized carbons (Fsp3) is 0.500. The molecule has 1 atom stereocenters. The van der Waals surface area contributed by atoms with E-state index in [0.29, 0.717) is 12.4 Å². The maximum Gasteiger partial charge on any atom is 0.228 e. The lowest BCUT2D eigenvalue weighted by Crippen LogP contribution is -2.21. The van der Waals surface area contributed by atoms with E-state index in [-0.39, 0.29) is 11.8 Å². The fourth-order valence-corrected chi connectivity index (χ4v) is 1.17. The Bertz CT molecular complexity index is 302. The average molecular weight is 208 g/mol. The van der Waals surface area contributed by atoms with Crippen LogP contribution in [0.4, 0.5) is 5.82 Å². The quantitative estimate of drug-likeness (QED) is 0.749. The van der Waals surface area contributed by atoms with E-state index >= 15 is 0 Å². The molecule has 0 aliphatic carbocycles. The van der Waals surface area contributed by atoms with Crippen LogP contribution < -0.4 is 11.1 Å². The SMILES string of the molecule is CC(CCCN)C(=O)Nc1cccnn1. The maximum absolute atomic E-state index is 11.6. The molecule has 0 saturated heterocycles. The predicted molar refractivity (Wildman–Crippen MR) is 58.1 cm³/mol. The molecule has 0 aliphatic heterocycles. The fourth-order valence-electron chi connectivity index (χ4n) is 1.17. The summed E-state index contributed by atoms with van der Waals surface area (Å²) in [6.07, 6.45) is 3.21. The van der Waals surface area contributed by atoms with Gasteiger partial charge in [0.25, 0.3) is 0 Å². The first-order valence-corrected chi connectivity index (χ1v) is 5.02. The van der Waals surface area contributed by atoms with Crippen LogP contribution in [-0.2, 0) is 4.79 Å². The molecular formula is C10H16N4O. The van der Waals surface area contributed by atoms with E-state index in [9.17, 15) is 4.79 Å². The number of carbonyl (C=O) groups excluding carboxylic acids is 1. The molecule has 15 heavy (non-hydrogen) atoms. The highest BCUT2D eigenvalue weighted by atomic mass is 16.1. The highest BCUT2D eigenvalue weighted by Crippen LogP contribution is 2.08. The Morgan fingerprint density at radius 1 is 1.67 bits per heavy atom. The molecule has 1 aromatic heterocycles. The van der Waals surface area contributed by atoms with Crippen molar-refractivity contribution >= 4 is 11.7 Å². The van der Waals surface area contributed by atoms with Crippen LogP contribution in [0.2, 0.25) is 0 Å². The lowest BCUT2D eigenvalue weighted by atomic mass is 10.1. The molecule has 82 valence electrons. The third-order valence-corrected chi connectivity index (χ3v) is 2.11. The van der Waals surface area contributed by atoms with Gasteiger partial charge in [-0.3, -0.25) is 4.79 Å². The third kappa shape index (κ3) is 4.03. The van der Waals surface area contributed by atoms with E-state index in [4.69, 9.17) is 5.73 Å². The van der Waals surface area contributed by atoms with Gasteiger partial charge in [0.2, 0.25) is 5.91 Å². The van der Waals surface area contributed by atoms with Crippen LogP contribution in [-0.4, -0.2) is 22.6 Å². The second kappa shape index (κ2) is 6.08. The molecule has 3 N–H and O–H groups in total. The number of rotatable bonds is 5. The summed E-state index contributed by atoms with van der Waals surface area (Å²) in [5.74, 6) is 0.404. The van der Waals surface area contributed by atoms with E-state index in [2.05, 4.69) is 15.5 Å². The molecule has 1 heterocycles. The minimum Gasteiger partial charge on any atom is -0.330 e. The Labute approximate surface area is 89.1 Å². The number of hydrogen-bond donors (Lipinski definition) is 2. The average Bonchev–Trinajstić information content (AvgIpc) is 2.27. The van der Waals surface area contributed by atoms with Crippen molar-refractivity contribution < 1.29 is 4.79 Å². The molecule has 5 nitrogen and oxygen atoms in total. The predicted octanol–water partition coefficient (Wildman–Crippen LogP) is 0.790. The van der Waals surface area contributed by atoms with Gasteiger partial charge < -0.3 is 11.1 Å². The molecule has 1 aromatic rings. The zero-order chi connectivity index (χ0) is 11.1. The molecule has 5 heteroatoms. The molecule has 0 saturated carbocycles. The number of nitrogens with two attached hydrogens (primary N) is 1. The summed E-state index contributed by atoms with van der Waals surface area (Å²) in [6, 6.07) is 3.44. The Morgan fingerprint density at radius 2 is 2.47 bits per heavy atom. The largest absolute Gasteiger partial charge is 0.330 e. The van der Waals surface area contributed by atoms with Crippen LogP contribution in [0, 0.1) is 5.92 Å². The molecule has 0 radical (unpaired) electrons. The second-order valence-corrected chi connectivity index (χ2v) is 3.43. The number of amides is 1. The summed E-state index contributed by atoms with van der Waals surface area (Å²) in [7, 11) is 0. The van der Waals surface area contributed by atoms with Gasteiger partial charge in [0.15, 0.2) is 5.82 Å². The number of anilines is 1. The van der Waals surface area contributed by atoms with Gasteiger partial charge in [-0.15, -0.1) is 5.10 Å². The number of nitrogens with zero attached hydrogens (tertiary/aromatic N) is 2. The number of nitrogens with one attached hydrogen (secondary N) is 1. The monoisotopic (exact) mass is 208 g/mol. The number of aromatic nitrogens is 2. The van der Waals surface area contributed by atoms with Crippen molar-refractivity contribution in [3.05, 3.63) is 18.3 Å². The molecular weight excluding hydrogens is 192 g/mol. The molecule has 0 fully saturated rings. The van der Waals surface area contributed by atoms with Crippen molar-refractivity contribution in [1.82, 2.24) is 10.2 Å². The summed E-state index contributed by atoms with van der Waals surface area (Å²) < 4.78 is 0. The molecule has 1 rings (SSSR count). The number of hydrogen-bond acceptors (Lipinski definition) is 4. The smallest absolute Gasteiger partial charge is 0.228 e. The van der Waals surface area contributed by atoms with Crippen molar-refractivity contribution in [3.8, 4) is 0 Å². The lowest BCUT2D eigenvalue weighted by molar-refractivity contribution is -0.119. The summed E-state index contributed by atoms with van der Waals surface area (Å²) in [5, 5.41) is 10.1. The highest BCUT2D eigenvalue weighted by Gasteiger charge is 2.12. The standard InChI is InChI=1S/C10H16N4O/c1-8(4-2-6-11)10(15)13-9-5-3-7-12-14-9/h3,5,7-8H,2,4,6,11H2,1H3,(H,13,14,15). The third-order valence-electron chi connectivity index (χ3n) is 2.11. The van der Waals surface area contributed by atoms with Crippen LogP contribution in [0.15, 0.2) is 18.3 Å². The lowest BCUT2D eigenvalue weighted by Gasteiger charge is -2.10. The van der Waals surface area contributed by atoms with Crippen molar-refractivity contribution in [2.75, 3.05) is 11.9 Å². The zero-order valence-electron chi connectivity index (χ0n) is 8.81. The van der Waals surface area contributed by atoms with Gasteiger partial charge in [-0.05, 0) is 31.5 Å². The van der Waals surface area contributed by atoms with Gasteiger partial charge in [-0.1, -0.05) is 6.92 Å². The van der Waals surface area contributed by atoms with Crippen LogP contribution in [0.5, 0.6) is 0 Å². The van der Waals surface area contributed by atoms with Crippen LogP contribution in [0.1, 0.15) is 19.8 Å². The molecule has 0 spiro atoms.